The summed E-state index contributed by atoms with van der Waals surface area (Å²) in [6, 6.07) is 7.40. The molecule has 3 rings (SSSR count). The minimum Gasteiger partial charge on any atom is -0.294 e. The van der Waals surface area contributed by atoms with Gasteiger partial charge in [-0.2, -0.15) is 10.1 Å². The lowest BCUT2D eigenvalue weighted by molar-refractivity contribution is -0.118. The molecule has 0 radical (unpaired) electrons. The van der Waals surface area contributed by atoms with Crippen LogP contribution < -0.4 is 5.32 Å². The van der Waals surface area contributed by atoms with E-state index < -0.39 is 5.41 Å². The predicted molar refractivity (Wildman–Crippen MR) is 67.4 cm³/mol. The van der Waals surface area contributed by atoms with E-state index in [0.717, 1.165) is 18.4 Å². The number of nitrogens with one attached hydrogen (secondary N) is 2. The Morgan fingerprint density at radius 2 is 2.06 bits per heavy atom. The van der Waals surface area contributed by atoms with Crippen LogP contribution in [0.5, 0.6) is 0 Å². The van der Waals surface area contributed by atoms with Crippen molar-refractivity contribution in [3.8, 4) is 0 Å². The zero-order valence-electron chi connectivity index (χ0n) is 9.48. The fraction of sp³-hybridized carbons (Fsp3) is 0.250. The fourth-order valence-electron chi connectivity index (χ4n) is 2.03. The van der Waals surface area contributed by atoms with Crippen LogP contribution in [-0.2, 0) is 10.2 Å². The van der Waals surface area contributed by atoms with Crippen LogP contribution in [0.2, 0.25) is 5.02 Å². The average Bonchev–Trinajstić information content (AvgIpc) is 3.03. The normalized spacial score (nSPS) is 16.3. The third-order valence-electron chi connectivity index (χ3n) is 3.23. The molecule has 0 saturated heterocycles. The molecule has 6 heteroatoms. The maximum absolute atomic E-state index is 12.2. The van der Waals surface area contributed by atoms with Crippen LogP contribution in [0.25, 0.3) is 0 Å². The number of hydrogen-bond donors (Lipinski definition) is 2. The number of halogens is 1. The summed E-state index contributed by atoms with van der Waals surface area (Å²) in [7, 11) is 0. The van der Waals surface area contributed by atoms with Gasteiger partial charge in [-0.3, -0.25) is 10.1 Å². The van der Waals surface area contributed by atoms with Crippen LogP contribution >= 0.6 is 11.6 Å². The maximum Gasteiger partial charge on any atom is 0.237 e. The molecule has 0 atom stereocenters. The fourth-order valence-corrected chi connectivity index (χ4v) is 2.16. The van der Waals surface area contributed by atoms with Crippen LogP contribution in [0.1, 0.15) is 18.4 Å². The average molecular weight is 263 g/mol. The van der Waals surface area contributed by atoms with Gasteiger partial charge in [-0.15, -0.1) is 0 Å². The lowest BCUT2D eigenvalue weighted by Crippen LogP contribution is -2.28. The number of H-pyrrole nitrogens is 1. The second-order valence-corrected chi connectivity index (χ2v) is 4.81. The number of aromatic nitrogens is 3. The number of aromatic amines is 1. The Morgan fingerprint density at radius 3 is 2.61 bits per heavy atom. The number of amides is 1. The Hall–Kier alpha value is -1.88. The molecule has 0 aliphatic heterocycles. The van der Waals surface area contributed by atoms with Crippen molar-refractivity contribution >= 4 is 23.5 Å². The minimum absolute atomic E-state index is 0.0541. The van der Waals surface area contributed by atoms with Gasteiger partial charge in [0.2, 0.25) is 11.9 Å². The van der Waals surface area contributed by atoms with Gasteiger partial charge in [0, 0.05) is 5.02 Å². The van der Waals surface area contributed by atoms with Gasteiger partial charge >= 0.3 is 0 Å². The number of anilines is 1. The molecule has 1 aromatic heterocycles. The molecular weight excluding hydrogens is 252 g/mol. The van der Waals surface area contributed by atoms with Gasteiger partial charge in [-0.05, 0) is 30.5 Å². The van der Waals surface area contributed by atoms with E-state index in [4.69, 9.17) is 11.6 Å². The molecular formula is C12H11ClN4O. The third-order valence-corrected chi connectivity index (χ3v) is 3.48. The Balaban J connectivity index is 1.82. The maximum atomic E-state index is 12.2. The van der Waals surface area contributed by atoms with E-state index in [1.807, 2.05) is 12.1 Å². The molecule has 18 heavy (non-hydrogen) atoms. The van der Waals surface area contributed by atoms with Crippen molar-refractivity contribution in [3.63, 3.8) is 0 Å². The first-order valence-electron chi connectivity index (χ1n) is 5.64. The number of benzene rings is 1. The van der Waals surface area contributed by atoms with Gasteiger partial charge in [-0.1, -0.05) is 23.7 Å². The van der Waals surface area contributed by atoms with E-state index in [0.29, 0.717) is 11.0 Å². The van der Waals surface area contributed by atoms with E-state index in [9.17, 15) is 4.79 Å². The highest BCUT2D eigenvalue weighted by Gasteiger charge is 2.51. The molecule has 92 valence electrons. The molecule has 1 heterocycles. The summed E-state index contributed by atoms with van der Waals surface area (Å²) < 4.78 is 0. The van der Waals surface area contributed by atoms with Gasteiger partial charge < -0.3 is 0 Å². The second-order valence-electron chi connectivity index (χ2n) is 4.38. The summed E-state index contributed by atoms with van der Waals surface area (Å²) in [4.78, 5) is 16.1. The summed E-state index contributed by atoms with van der Waals surface area (Å²) in [6.07, 6.45) is 3.04. The lowest BCUT2D eigenvalue weighted by Gasteiger charge is -2.14. The molecule has 5 nitrogen and oxygen atoms in total. The number of rotatable bonds is 3. The van der Waals surface area contributed by atoms with Crippen LogP contribution in [0, 0.1) is 0 Å². The number of nitrogens with zero attached hydrogens (tertiary/aromatic N) is 2. The first-order valence-corrected chi connectivity index (χ1v) is 6.01. The molecule has 1 aliphatic rings. The molecule has 1 saturated carbocycles. The first kappa shape index (κ1) is 11.2. The Labute approximate surface area is 109 Å². The molecule has 1 amide bonds. The summed E-state index contributed by atoms with van der Waals surface area (Å²) in [5.74, 6) is 0.321. The molecule has 1 aliphatic carbocycles. The molecule has 0 unspecified atom stereocenters. The zero-order chi connectivity index (χ0) is 12.6. The van der Waals surface area contributed by atoms with E-state index >= 15 is 0 Å². The van der Waals surface area contributed by atoms with Crippen molar-refractivity contribution < 1.29 is 4.79 Å². The quantitative estimate of drug-likeness (QED) is 0.890. The lowest BCUT2D eigenvalue weighted by atomic mass is 9.95. The second kappa shape index (κ2) is 4.10. The molecule has 2 N–H and O–H groups in total. The van der Waals surface area contributed by atoms with Crippen LogP contribution in [-0.4, -0.2) is 21.1 Å². The SMILES string of the molecule is O=C(Nc1ncn[nH]1)C1(c2ccc(Cl)cc2)CC1. The van der Waals surface area contributed by atoms with Crippen molar-refractivity contribution in [2.75, 3.05) is 5.32 Å². The minimum atomic E-state index is -0.433. The van der Waals surface area contributed by atoms with Gasteiger partial charge in [0.15, 0.2) is 0 Å². The number of carbonyl (C=O) groups is 1. The number of hydrogen-bond acceptors (Lipinski definition) is 3. The summed E-state index contributed by atoms with van der Waals surface area (Å²) in [5, 5.41) is 9.72. The van der Waals surface area contributed by atoms with Gasteiger partial charge in [0.05, 0.1) is 5.41 Å². The van der Waals surface area contributed by atoms with Crippen LogP contribution in [0.3, 0.4) is 0 Å². The van der Waals surface area contributed by atoms with Gasteiger partial charge in [-0.25, -0.2) is 5.10 Å². The smallest absolute Gasteiger partial charge is 0.237 e. The highest BCUT2D eigenvalue weighted by atomic mass is 35.5. The predicted octanol–water partition coefficient (Wildman–Crippen LogP) is 2.13. The van der Waals surface area contributed by atoms with Crippen molar-refractivity contribution in [2.24, 2.45) is 0 Å². The Kier molecular flexibility index (Phi) is 2.56. The van der Waals surface area contributed by atoms with E-state index in [1.165, 1.54) is 6.33 Å². The summed E-state index contributed by atoms with van der Waals surface area (Å²) in [5.41, 5.74) is 0.557. The third kappa shape index (κ3) is 1.86. The van der Waals surface area contributed by atoms with Crippen LogP contribution in [0.15, 0.2) is 30.6 Å². The highest BCUT2D eigenvalue weighted by molar-refractivity contribution is 6.30. The summed E-state index contributed by atoms with van der Waals surface area (Å²) >= 11 is 5.85. The zero-order valence-corrected chi connectivity index (χ0v) is 10.2. The highest BCUT2D eigenvalue weighted by Crippen LogP contribution is 2.49. The van der Waals surface area contributed by atoms with E-state index in [2.05, 4.69) is 20.5 Å². The molecule has 0 spiro atoms. The Bertz CT molecular complexity index is 560. The van der Waals surface area contributed by atoms with Crippen molar-refractivity contribution in [1.29, 1.82) is 0 Å². The Morgan fingerprint density at radius 1 is 1.33 bits per heavy atom. The molecule has 0 bridgehead atoms. The number of carbonyl (C=O) groups excluding carboxylic acids is 1. The van der Waals surface area contributed by atoms with Crippen molar-refractivity contribution in [2.45, 2.75) is 18.3 Å². The monoisotopic (exact) mass is 262 g/mol. The molecule has 1 fully saturated rings. The largest absolute Gasteiger partial charge is 0.294 e. The topological polar surface area (TPSA) is 70.7 Å². The summed E-state index contributed by atoms with van der Waals surface area (Å²) in [6.45, 7) is 0. The van der Waals surface area contributed by atoms with Gasteiger partial charge in [0.1, 0.15) is 6.33 Å². The van der Waals surface area contributed by atoms with Gasteiger partial charge in [0.25, 0.3) is 0 Å². The van der Waals surface area contributed by atoms with Crippen molar-refractivity contribution in [1.82, 2.24) is 15.2 Å². The van der Waals surface area contributed by atoms with Crippen LogP contribution in [0.4, 0.5) is 5.95 Å². The van der Waals surface area contributed by atoms with E-state index in [-0.39, 0.29) is 5.91 Å². The standard InChI is InChI=1S/C12H11ClN4O/c13-9-3-1-8(2-4-9)12(5-6-12)10(18)16-11-14-7-15-17-11/h1-4,7H,5-6H2,(H2,14,15,16,17,18). The molecule has 1 aromatic carbocycles. The first-order chi connectivity index (χ1) is 8.71. The van der Waals surface area contributed by atoms with E-state index in [1.54, 1.807) is 12.1 Å². The molecule has 2 aromatic rings. The van der Waals surface area contributed by atoms with Crippen molar-refractivity contribution in [3.05, 3.63) is 41.2 Å².